The van der Waals surface area contributed by atoms with Gasteiger partial charge in [0.1, 0.15) is 17.5 Å². The van der Waals surface area contributed by atoms with Crippen LogP contribution >= 0.6 is 0 Å². The first kappa shape index (κ1) is 11.8. The van der Waals surface area contributed by atoms with Crippen LogP contribution in [-0.2, 0) is 11.3 Å². The Morgan fingerprint density at radius 1 is 1.47 bits per heavy atom. The van der Waals surface area contributed by atoms with E-state index in [9.17, 15) is 9.18 Å². The Balaban J connectivity index is 2.06. The summed E-state index contributed by atoms with van der Waals surface area (Å²) in [6.45, 7) is 4.13. The van der Waals surface area contributed by atoms with Crippen molar-refractivity contribution >= 4 is 5.94 Å². The molecule has 1 atom stereocenters. The van der Waals surface area contributed by atoms with Gasteiger partial charge in [0.05, 0.1) is 0 Å². The molecule has 0 radical (unpaired) electrons. The van der Waals surface area contributed by atoms with Gasteiger partial charge in [0.2, 0.25) is 0 Å². The van der Waals surface area contributed by atoms with Crippen molar-refractivity contribution < 1.29 is 9.18 Å². The van der Waals surface area contributed by atoms with Gasteiger partial charge in [-0.25, -0.2) is 9.18 Å². The average Bonchev–Trinajstić information content (AvgIpc) is 2.35. The SMILES string of the molecule is CC1CNC(=C=O)CN1Cc1ccc(F)cc1. The van der Waals surface area contributed by atoms with Crippen molar-refractivity contribution in [2.75, 3.05) is 13.1 Å². The predicted octanol–water partition coefficient (Wildman–Crippen LogP) is 1.33. The summed E-state index contributed by atoms with van der Waals surface area (Å²) < 4.78 is 12.8. The van der Waals surface area contributed by atoms with Gasteiger partial charge < -0.3 is 5.32 Å². The summed E-state index contributed by atoms with van der Waals surface area (Å²) in [5.74, 6) is 1.68. The molecule has 17 heavy (non-hydrogen) atoms. The molecule has 1 saturated heterocycles. The number of halogens is 1. The molecule has 0 amide bonds. The zero-order valence-electron chi connectivity index (χ0n) is 9.74. The molecule has 1 aliphatic rings. The van der Waals surface area contributed by atoms with Crippen molar-refractivity contribution in [3.63, 3.8) is 0 Å². The number of benzene rings is 1. The summed E-state index contributed by atoms with van der Waals surface area (Å²) in [4.78, 5) is 12.8. The molecule has 2 rings (SSSR count). The second kappa shape index (κ2) is 5.13. The standard InChI is InChI=1S/C13H15FN2O/c1-10-6-15-13(9-17)8-16(10)7-11-2-4-12(14)5-3-11/h2-5,10,15H,6-8H2,1H3. The van der Waals surface area contributed by atoms with Crippen LogP contribution in [0, 0.1) is 5.82 Å². The van der Waals surface area contributed by atoms with Gasteiger partial charge in [0, 0.05) is 25.7 Å². The Morgan fingerprint density at radius 2 is 2.18 bits per heavy atom. The summed E-state index contributed by atoms with van der Waals surface area (Å²) in [7, 11) is 0. The fourth-order valence-corrected chi connectivity index (χ4v) is 1.92. The maximum atomic E-state index is 12.8. The summed E-state index contributed by atoms with van der Waals surface area (Å²) in [6.07, 6.45) is 0. The van der Waals surface area contributed by atoms with Crippen LogP contribution in [0.3, 0.4) is 0 Å². The van der Waals surface area contributed by atoms with E-state index in [-0.39, 0.29) is 5.82 Å². The molecule has 0 bridgehead atoms. The molecule has 1 N–H and O–H groups in total. The topological polar surface area (TPSA) is 32.3 Å². The number of nitrogens with zero attached hydrogens (tertiary/aromatic N) is 1. The van der Waals surface area contributed by atoms with E-state index in [0.29, 0.717) is 24.8 Å². The van der Waals surface area contributed by atoms with Crippen LogP contribution in [0.4, 0.5) is 4.39 Å². The van der Waals surface area contributed by atoms with E-state index in [2.05, 4.69) is 17.1 Å². The summed E-state index contributed by atoms with van der Waals surface area (Å²) in [5, 5.41) is 3.03. The van der Waals surface area contributed by atoms with E-state index in [1.807, 2.05) is 5.94 Å². The van der Waals surface area contributed by atoms with Crippen molar-refractivity contribution in [2.24, 2.45) is 0 Å². The number of hydrogen-bond acceptors (Lipinski definition) is 3. The van der Waals surface area contributed by atoms with E-state index >= 15 is 0 Å². The molecule has 3 nitrogen and oxygen atoms in total. The van der Waals surface area contributed by atoms with E-state index in [1.54, 1.807) is 12.1 Å². The minimum absolute atomic E-state index is 0.226. The Morgan fingerprint density at radius 3 is 2.82 bits per heavy atom. The monoisotopic (exact) mass is 234 g/mol. The van der Waals surface area contributed by atoms with Crippen molar-refractivity contribution in [3.05, 3.63) is 41.3 Å². The summed E-state index contributed by atoms with van der Waals surface area (Å²) in [5.41, 5.74) is 1.63. The molecule has 0 saturated carbocycles. The minimum atomic E-state index is -0.226. The molecule has 0 aliphatic carbocycles. The quantitative estimate of drug-likeness (QED) is 0.784. The molecule has 1 fully saturated rings. The van der Waals surface area contributed by atoms with Crippen LogP contribution in [0.1, 0.15) is 12.5 Å². The zero-order chi connectivity index (χ0) is 12.3. The number of carbonyl (C=O) groups excluding carboxylic acids is 1. The lowest BCUT2D eigenvalue weighted by molar-refractivity contribution is 0.188. The van der Waals surface area contributed by atoms with Gasteiger partial charge >= 0.3 is 0 Å². The van der Waals surface area contributed by atoms with E-state index in [0.717, 1.165) is 12.1 Å². The third kappa shape index (κ3) is 2.93. The van der Waals surface area contributed by atoms with Gasteiger partial charge in [-0.2, -0.15) is 0 Å². The van der Waals surface area contributed by atoms with Gasteiger partial charge in [-0.1, -0.05) is 12.1 Å². The highest BCUT2D eigenvalue weighted by Crippen LogP contribution is 2.13. The molecule has 0 spiro atoms. The third-order valence-electron chi connectivity index (χ3n) is 3.02. The van der Waals surface area contributed by atoms with Crippen LogP contribution in [0.5, 0.6) is 0 Å². The molecule has 1 heterocycles. The van der Waals surface area contributed by atoms with E-state index in [1.165, 1.54) is 12.1 Å². The highest BCUT2D eigenvalue weighted by Gasteiger charge is 2.21. The van der Waals surface area contributed by atoms with Gasteiger partial charge in [0.25, 0.3) is 0 Å². The Bertz CT molecular complexity index is 437. The van der Waals surface area contributed by atoms with Gasteiger partial charge in [-0.3, -0.25) is 4.90 Å². The first-order valence-electron chi connectivity index (χ1n) is 5.65. The Hall–Kier alpha value is -1.64. The number of rotatable bonds is 2. The molecule has 1 aliphatic heterocycles. The first-order valence-corrected chi connectivity index (χ1v) is 5.65. The number of piperazine rings is 1. The minimum Gasteiger partial charge on any atom is -0.377 e. The Labute approximate surface area is 99.9 Å². The molecule has 1 unspecified atom stereocenters. The lowest BCUT2D eigenvalue weighted by Crippen LogP contribution is -2.48. The lowest BCUT2D eigenvalue weighted by Gasteiger charge is -2.34. The normalized spacial score (nSPS) is 20.8. The maximum Gasteiger partial charge on any atom is 0.146 e. The smallest absolute Gasteiger partial charge is 0.146 e. The highest BCUT2D eigenvalue weighted by molar-refractivity contribution is 5.52. The lowest BCUT2D eigenvalue weighted by atomic mass is 10.1. The van der Waals surface area contributed by atoms with Gasteiger partial charge in [-0.05, 0) is 24.6 Å². The highest BCUT2D eigenvalue weighted by atomic mass is 19.1. The fraction of sp³-hybridized carbons (Fsp3) is 0.385. The molecule has 1 aromatic rings. The second-order valence-electron chi connectivity index (χ2n) is 4.34. The zero-order valence-corrected chi connectivity index (χ0v) is 9.74. The van der Waals surface area contributed by atoms with Crippen molar-refractivity contribution in [1.82, 2.24) is 10.2 Å². The van der Waals surface area contributed by atoms with Gasteiger partial charge in [-0.15, -0.1) is 0 Å². The van der Waals surface area contributed by atoms with E-state index in [4.69, 9.17) is 0 Å². The fourth-order valence-electron chi connectivity index (χ4n) is 1.92. The number of hydrogen-bond donors (Lipinski definition) is 1. The summed E-state index contributed by atoms with van der Waals surface area (Å²) >= 11 is 0. The molecule has 0 aromatic heterocycles. The van der Waals surface area contributed by atoms with Crippen molar-refractivity contribution in [2.45, 2.75) is 19.5 Å². The van der Waals surface area contributed by atoms with E-state index < -0.39 is 0 Å². The van der Waals surface area contributed by atoms with Crippen LogP contribution in [0.2, 0.25) is 0 Å². The first-order chi connectivity index (χ1) is 8.19. The van der Waals surface area contributed by atoms with Crippen molar-refractivity contribution in [1.29, 1.82) is 0 Å². The average molecular weight is 234 g/mol. The van der Waals surface area contributed by atoms with Crippen molar-refractivity contribution in [3.8, 4) is 0 Å². The van der Waals surface area contributed by atoms with Crippen LogP contribution in [0.25, 0.3) is 0 Å². The summed E-state index contributed by atoms with van der Waals surface area (Å²) in [6, 6.07) is 6.80. The molecule has 90 valence electrons. The Kier molecular flexibility index (Phi) is 3.57. The maximum absolute atomic E-state index is 12.8. The van der Waals surface area contributed by atoms with Gasteiger partial charge in [0.15, 0.2) is 0 Å². The predicted molar refractivity (Wildman–Crippen MR) is 63.5 cm³/mol. The molecular formula is C13H15FN2O. The van der Waals surface area contributed by atoms with Crippen LogP contribution in [0.15, 0.2) is 30.0 Å². The number of nitrogens with one attached hydrogen (secondary N) is 1. The molecule has 1 aromatic carbocycles. The largest absolute Gasteiger partial charge is 0.377 e. The second-order valence-corrected chi connectivity index (χ2v) is 4.34. The van der Waals surface area contributed by atoms with Crippen LogP contribution in [-0.4, -0.2) is 30.0 Å². The van der Waals surface area contributed by atoms with Crippen LogP contribution < -0.4 is 5.32 Å². The third-order valence-corrected chi connectivity index (χ3v) is 3.02. The molecule has 4 heteroatoms. The molecular weight excluding hydrogens is 219 g/mol.